The standard InChI is InChI=1S/C21H21N5O2/c1-2-16(27)11-12-20(28)14-7-9-15(10-8-14)26-13-19(23-25-26)21-17-5-3-4-6-18(17)22-24-21/h3-10,13,16,27H,2,11-12H2,1H3,(H,22,24). The van der Waals surface area contributed by atoms with Gasteiger partial charge in [-0.25, -0.2) is 4.68 Å². The van der Waals surface area contributed by atoms with Gasteiger partial charge in [-0.15, -0.1) is 5.10 Å². The van der Waals surface area contributed by atoms with Gasteiger partial charge in [-0.05, 0) is 43.2 Å². The first-order valence-corrected chi connectivity index (χ1v) is 9.33. The molecule has 0 fully saturated rings. The number of Topliss-reactive ketones (excluding diaryl/α,β-unsaturated/α-hetero) is 1. The fourth-order valence-corrected chi connectivity index (χ4v) is 3.10. The SMILES string of the molecule is CCC(O)CCC(=O)c1ccc(-n2cc(-c3n[nH]c4ccccc34)nn2)cc1. The molecular weight excluding hydrogens is 354 g/mol. The van der Waals surface area contributed by atoms with Gasteiger partial charge in [0, 0.05) is 17.4 Å². The number of benzene rings is 2. The summed E-state index contributed by atoms with van der Waals surface area (Å²) < 4.78 is 1.66. The maximum absolute atomic E-state index is 12.2. The molecule has 2 aromatic heterocycles. The second kappa shape index (κ2) is 7.74. The smallest absolute Gasteiger partial charge is 0.162 e. The zero-order chi connectivity index (χ0) is 19.5. The van der Waals surface area contributed by atoms with Crippen LogP contribution in [0.3, 0.4) is 0 Å². The topological polar surface area (TPSA) is 96.7 Å². The van der Waals surface area contributed by atoms with Gasteiger partial charge in [-0.2, -0.15) is 5.10 Å². The molecule has 0 radical (unpaired) electrons. The van der Waals surface area contributed by atoms with Crippen LogP contribution in [0.5, 0.6) is 0 Å². The van der Waals surface area contributed by atoms with Gasteiger partial charge < -0.3 is 5.11 Å². The minimum atomic E-state index is -0.421. The van der Waals surface area contributed by atoms with Gasteiger partial charge in [0.15, 0.2) is 5.78 Å². The number of aliphatic hydroxyl groups is 1. The summed E-state index contributed by atoms with van der Waals surface area (Å²) in [6.07, 6.45) is 2.88. The molecule has 7 heteroatoms. The Hall–Kier alpha value is -3.32. The number of nitrogens with one attached hydrogen (secondary N) is 1. The Bertz CT molecular complexity index is 1100. The summed E-state index contributed by atoms with van der Waals surface area (Å²) in [5.41, 5.74) is 3.81. The average molecular weight is 375 g/mol. The molecule has 28 heavy (non-hydrogen) atoms. The van der Waals surface area contributed by atoms with Crippen molar-refractivity contribution in [3.63, 3.8) is 0 Å². The van der Waals surface area contributed by atoms with E-state index in [1.807, 2.05) is 49.5 Å². The summed E-state index contributed by atoms with van der Waals surface area (Å²) in [5, 5.41) is 26.4. The Morgan fingerprint density at radius 3 is 2.75 bits per heavy atom. The zero-order valence-electron chi connectivity index (χ0n) is 15.5. The highest BCUT2D eigenvalue weighted by Gasteiger charge is 2.13. The lowest BCUT2D eigenvalue weighted by Crippen LogP contribution is -2.08. The highest BCUT2D eigenvalue weighted by molar-refractivity contribution is 5.96. The summed E-state index contributed by atoms with van der Waals surface area (Å²) in [4.78, 5) is 12.2. The number of H-pyrrole nitrogens is 1. The van der Waals surface area contributed by atoms with Gasteiger partial charge >= 0.3 is 0 Å². The maximum Gasteiger partial charge on any atom is 0.162 e. The van der Waals surface area contributed by atoms with Crippen LogP contribution in [0.25, 0.3) is 28.0 Å². The van der Waals surface area contributed by atoms with Crippen molar-refractivity contribution < 1.29 is 9.90 Å². The number of carbonyl (C=O) groups is 1. The van der Waals surface area contributed by atoms with Crippen LogP contribution < -0.4 is 0 Å². The fourth-order valence-electron chi connectivity index (χ4n) is 3.10. The number of rotatable bonds is 7. The van der Waals surface area contributed by atoms with Crippen LogP contribution in [0.15, 0.2) is 54.7 Å². The molecule has 0 amide bonds. The minimum Gasteiger partial charge on any atom is -0.393 e. The molecule has 4 rings (SSSR count). The van der Waals surface area contributed by atoms with Gasteiger partial charge in [-0.3, -0.25) is 9.89 Å². The normalized spacial score (nSPS) is 12.4. The molecule has 142 valence electrons. The van der Waals surface area contributed by atoms with Crippen LogP contribution in [0.1, 0.15) is 36.5 Å². The first-order chi connectivity index (χ1) is 13.7. The Kier molecular flexibility index (Phi) is 4.99. The summed E-state index contributed by atoms with van der Waals surface area (Å²) in [7, 11) is 0. The molecule has 0 aliphatic heterocycles. The third-order valence-electron chi connectivity index (χ3n) is 4.84. The number of hydrogen-bond donors (Lipinski definition) is 2. The van der Waals surface area contributed by atoms with Crippen molar-refractivity contribution in [1.82, 2.24) is 25.2 Å². The highest BCUT2D eigenvalue weighted by atomic mass is 16.3. The number of nitrogens with zero attached hydrogens (tertiary/aromatic N) is 4. The lowest BCUT2D eigenvalue weighted by atomic mass is 10.0. The predicted octanol–water partition coefficient (Wildman–Crippen LogP) is 3.54. The molecule has 4 aromatic rings. The summed E-state index contributed by atoms with van der Waals surface area (Å²) in [6.45, 7) is 1.90. The fraction of sp³-hybridized carbons (Fsp3) is 0.238. The molecule has 0 saturated carbocycles. The average Bonchev–Trinajstić information content (AvgIpc) is 3.38. The number of ketones is 1. The highest BCUT2D eigenvalue weighted by Crippen LogP contribution is 2.24. The van der Waals surface area contributed by atoms with Crippen LogP contribution in [0, 0.1) is 0 Å². The van der Waals surface area contributed by atoms with E-state index in [-0.39, 0.29) is 5.78 Å². The van der Waals surface area contributed by atoms with Crippen LogP contribution in [0.4, 0.5) is 0 Å². The van der Waals surface area contributed by atoms with E-state index < -0.39 is 6.10 Å². The molecule has 0 aliphatic rings. The van der Waals surface area contributed by atoms with E-state index in [2.05, 4.69) is 20.5 Å². The molecule has 7 nitrogen and oxygen atoms in total. The van der Waals surface area contributed by atoms with Crippen molar-refractivity contribution in [2.24, 2.45) is 0 Å². The van der Waals surface area contributed by atoms with E-state index in [0.29, 0.717) is 30.5 Å². The van der Waals surface area contributed by atoms with E-state index in [0.717, 1.165) is 22.3 Å². The molecule has 0 bridgehead atoms. The summed E-state index contributed by atoms with van der Waals surface area (Å²) >= 11 is 0. The second-order valence-corrected chi connectivity index (χ2v) is 6.74. The lowest BCUT2D eigenvalue weighted by molar-refractivity contribution is 0.0937. The van der Waals surface area contributed by atoms with Gasteiger partial charge in [0.25, 0.3) is 0 Å². The summed E-state index contributed by atoms with van der Waals surface area (Å²) in [6, 6.07) is 15.1. The molecule has 2 heterocycles. The molecule has 0 saturated heterocycles. The number of para-hydroxylation sites is 1. The lowest BCUT2D eigenvalue weighted by Gasteiger charge is -2.07. The third kappa shape index (κ3) is 3.57. The largest absolute Gasteiger partial charge is 0.393 e. The van der Waals surface area contributed by atoms with Crippen LogP contribution in [0.2, 0.25) is 0 Å². The number of aliphatic hydroxyl groups excluding tert-OH is 1. The molecule has 2 N–H and O–H groups in total. The van der Waals surface area contributed by atoms with Crippen LogP contribution in [-0.4, -0.2) is 42.2 Å². The quantitative estimate of drug-likeness (QED) is 0.482. The van der Waals surface area contributed by atoms with Crippen molar-refractivity contribution in [3.05, 3.63) is 60.3 Å². The van der Waals surface area contributed by atoms with Crippen molar-refractivity contribution in [2.45, 2.75) is 32.3 Å². The molecule has 0 aliphatic carbocycles. The van der Waals surface area contributed by atoms with Gasteiger partial charge in [-0.1, -0.05) is 30.3 Å². The van der Waals surface area contributed by atoms with Crippen LogP contribution in [-0.2, 0) is 0 Å². The van der Waals surface area contributed by atoms with E-state index in [1.165, 1.54) is 0 Å². The van der Waals surface area contributed by atoms with Gasteiger partial charge in [0.1, 0.15) is 11.4 Å². The van der Waals surface area contributed by atoms with Crippen molar-refractivity contribution in [3.8, 4) is 17.1 Å². The molecule has 2 aromatic carbocycles. The summed E-state index contributed by atoms with van der Waals surface area (Å²) in [5.74, 6) is 0.0290. The Balaban J connectivity index is 1.52. The number of carbonyl (C=O) groups excluding carboxylic acids is 1. The molecular formula is C21H21N5O2. The van der Waals surface area contributed by atoms with E-state index in [1.54, 1.807) is 16.8 Å². The first-order valence-electron chi connectivity index (χ1n) is 9.33. The number of hydrogen-bond acceptors (Lipinski definition) is 5. The first kappa shape index (κ1) is 18.1. The maximum atomic E-state index is 12.2. The molecule has 1 unspecified atom stereocenters. The van der Waals surface area contributed by atoms with Crippen molar-refractivity contribution >= 4 is 16.7 Å². The molecule has 0 spiro atoms. The zero-order valence-corrected chi connectivity index (χ0v) is 15.5. The third-order valence-corrected chi connectivity index (χ3v) is 4.84. The van der Waals surface area contributed by atoms with E-state index in [4.69, 9.17) is 0 Å². The number of aromatic amines is 1. The number of aromatic nitrogens is 5. The monoisotopic (exact) mass is 375 g/mol. The van der Waals surface area contributed by atoms with Gasteiger partial charge in [0.2, 0.25) is 0 Å². The predicted molar refractivity (Wildman–Crippen MR) is 106 cm³/mol. The van der Waals surface area contributed by atoms with Crippen molar-refractivity contribution in [1.29, 1.82) is 0 Å². The minimum absolute atomic E-state index is 0.0290. The molecule has 1 atom stereocenters. The second-order valence-electron chi connectivity index (χ2n) is 6.74. The van der Waals surface area contributed by atoms with Crippen molar-refractivity contribution in [2.75, 3.05) is 0 Å². The van der Waals surface area contributed by atoms with Gasteiger partial charge in [0.05, 0.1) is 23.5 Å². The number of fused-ring (bicyclic) bond motifs is 1. The van der Waals surface area contributed by atoms with E-state index in [9.17, 15) is 9.90 Å². The Morgan fingerprint density at radius 1 is 1.18 bits per heavy atom. The Labute approximate surface area is 162 Å². The van der Waals surface area contributed by atoms with E-state index >= 15 is 0 Å². The Morgan fingerprint density at radius 2 is 1.96 bits per heavy atom. The van der Waals surface area contributed by atoms with Crippen LogP contribution >= 0.6 is 0 Å².